The van der Waals surface area contributed by atoms with Gasteiger partial charge in [-0.1, -0.05) is 0 Å². The van der Waals surface area contributed by atoms with E-state index in [0.717, 1.165) is 12.8 Å². The number of carbonyl (C=O) groups is 1. The number of likely N-dealkylation sites (tertiary alicyclic amines) is 1. The van der Waals surface area contributed by atoms with Crippen molar-refractivity contribution in [3.05, 3.63) is 44.3 Å². The van der Waals surface area contributed by atoms with Crippen LogP contribution in [0.3, 0.4) is 0 Å². The quantitative estimate of drug-likeness (QED) is 0.603. The molecule has 1 aliphatic rings. The van der Waals surface area contributed by atoms with Crippen molar-refractivity contribution in [2.45, 2.75) is 38.6 Å². The minimum Gasteiger partial charge on any atom is -0.395 e. The first-order valence-electron chi connectivity index (χ1n) is 8.48. The van der Waals surface area contributed by atoms with Crippen molar-refractivity contribution >= 4 is 11.8 Å². The highest BCUT2D eigenvalue weighted by Crippen LogP contribution is 2.28. The fourth-order valence-corrected chi connectivity index (χ4v) is 3.33. The van der Waals surface area contributed by atoms with E-state index in [0.29, 0.717) is 18.9 Å². The van der Waals surface area contributed by atoms with E-state index < -0.39 is 16.7 Å². The lowest BCUT2D eigenvalue weighted by atomic mass is 9.96. The van der Waals surface area contributed by atoms with Gasteiger partial charge in [0.2, 0.25) is 0 Å². The Labute approximate surface area is 149 Å². The predicted octanol–water partition coefficient (Wildman–Crippen LogP) is 1.68. The first-order valence-corrected chi connectivity index (χ1v) is 8.48. The minimum atomic E-state index is -0.676. The predicted molar refractivity (Wildman–Crippen MR) is 91.1 cm³/mol. The average Bonchev–Trinajstić information content (AvgIpc) is 3.20. The number of hydrogen-bond acceptors (Lipinski definition) is 6. The molecule has 140 valence electrons. The van der Waals surface area contributed by atoms with Gasteiger partial charge in [-0.25, -0.2) is 9.48 Å². The van der Waals surface area contributed by atoms with Crippen LogP contribution in [0.5, 0.6) is 0 Å². The van der Waals surface area contributed by atoms with Gasteiger partial charge in [-0.2, -0.15) is 5.10 Å². The molecule has 1 saturated heterocycles. The molecule has 0 aliphatic carbocycles. The second kappa shape index (κ2) is 6.77. The molecule has 1 amide bonds. The molecule has 0 saturated carbocycles. The van der Waals surface area contributed by atoms with Crippen molar-refractivity contribution in [3.8, 4) is 0 Å². The van der Waals surface area contributed by atoms with Gasteiger partial charge in [-0.3, -0.25) is 19.5 Å². The minimum absolute atomic E-state index is 0.0370. The van der Waals surface area contributed by atoms with Crippen LogP contribution in [0.2, 0.25) is 0 Å². The molecule has 10 heteroatoms. The highest BCUT2D eigenvalue weighted by atomic mass is 16.6. The first-order chi connectivity index (χ1) is 12.3. The largest absolute Gasteiger partial charge is 0.433 e. The van der Waals surface area contributed by atoms with Crippen LogP contribution in [0.15, 0.2) is 21.3 Å². The molecule has 0 bridgehead atoms. The standard InChI is InChI=1S/C16H21N5O5/c1-10(2)20-14(17-18(3)16(20)23)11-5-4-8-19(9-11)15(22)12-6-7-13(26-12)21(24)25/h6-7,10-11H,4-5,8-9H2,1-3H3. The summed E-state index contributed by atoms with van der Waals surface area (Å²) in [6.07, 6.45) is 1.56. The summed E-state index contributed by atoms with van der Waals surface area (Å²) in [5.41, 5.74) is -0.180. The van der Waals surface area contributed by atoms with Gasteiger partial charge >= 0.3 is 11.6 Å². The number of aryl methyl sites for hydroxylation is 1. The lowest BCUT2D eigenvalue weighted by Gasteiger charge is -2.32. The summed E-state index contributed by atoms with van der Waals surface area (Å²) in [5.74, 6) is -0.318. The molecule has 3 heterocycles. The zero-order chi connectivity index (χ0) is 19.0. The molecule has 1 atom stereocenters. The highest BCUT2D eigenvalue weighted by Gasteiger charge is 2.31. The molecule has 3 rings (SSSR count). The third-order valence-corrected chi connectivity index (χ3v) is 4.55. The number of aromatic nitrogens is 3. The number of nitrogens with zero attached hydrogens (tertiary/aromatic N) is 5. The second-order valence-corrected chi connectivity index (χ2v) is 6.71. The molecule has 0 radical (unpaired) electrons. The SMILES string of the molecule is CC(C)n1c(C2CCCN(C(=O)c3ccc([N+](=O)[O-])o3)C2)nn(C)c1=O. The van der Waals surface area contributed by atoms with E-state index in [1.807, 2.05) is 13.8 Å². The lowest BCUT2D eigenvalue weighted by Crippen LogP contribution is -2.40. The van der Waals surface area contributed by atoms with E-state index in [-0.39, 0.29) is 23.4 Å². The molecule has 0 N–H and O–H groups in total. The summed E-state index contributed by atoms with van der Waals surface area (Å²) in [6, 6.07) is 2.45. The molecule has 0 aromatic carbocycles. The number of nitro groups is 1. The number of amides is 1. The Bertz CT molecular complexity index is 893. The van der Waals surface area contributed by atoms with Gasteiger partial charge in [-0.15, -0.1) is 0 Å². The van der Waals surface area contributed by atoms with Crippen LogP contribution in [0.4, 0.5) is 5.88 Å². The smallest absolute Gasteiger partial charge is 0.395 e. The molecular formula is C16H21N5O5. The van der Waals surface area contributed by atoms with Crippen LogP contribution >= 0.6 is 0 Å². The van der Waals surface area contributed by atoms with Crippen LogP contribution in [0.1, 0.15) is 55.0 Å². The second-order valence-electron chi connectivity index (χ2n) is 6.71. The third-order valence-electron chi connectivity index (χ3n) is 4.55. The number of carbonyl (C=O) groups excluding carboxylic acids is 1. The summed E-state index contributed by atoms with van der Waals surface area (Å²) in [7, 11) is 1.61. The summed E-state index contributed by atoms with van der Waals surface area (Å²) < 4.78 is 7.98. The molecule has 2 aromatic rings. The van der Waals surface area contributed by atoms with E-state index in [1.54, 1.807) is 16.5 Å². The van der Waals surface area contributed by atoms with Gasteiger partial charge < -0.3 is 9.32 Å². The Kier molecular flexibility index (Phi) is 4.66. The Morgan fingerprint density at radius 3 is 2.77 bits per heavy atom. The Morgan fingerprint density at radius 2 is 2.15 bits per heavy atom. The summed E-state index contributed by atoms with van der Waals surface area (Å²) >= 11 is 0. The van der Waals surface area contributed by atoms with Crippen molar-refractivity contribution in [2.24, 2.45) is 7.05 Å². The molecular weight excluding hydrogens is 342 g/mol. The van der Waals surface area contributed by atoms with Crippen molar-refractivity contribution < 1.29 is 14.1 Å². The first kappa shape index (κ1) is 17.9. The van der Waals surface area contributed by atoms with Crippen LogP contribution in [-0.2, 0) is 7.05 Å². The average molecular weight is 363 g/mol. The van der Waals surface area contributed by atoms with Crippen LogP contribution in [0, 0.1) is 10.1 Å². The number of piperidine rings is 1. The van der Waals surface area contributed by atoms with Crippen molar-refractivity contribution in [1.82, 2.24) is 19.2 Å². The van der Waals surface area contributed by atoms with Gasteiger partial charge in [0.15, 0.2) is 5.76 Å². The van der Waals surface area contributed by atoms with Gasteiger partial charge in [0.05, 0.1) is 6.07 Å². The number of rotatable bonds is 4. The van der Waals surface area contributed by atoms with Crippen molar-refractivity contribution in [2.75, 3.05) is 13.1 Å². The molecule has 10 nitrogen and oxygen atoms in total. The summed E-state index contributed by atoms with van der Waals surface area (Å²) in [5, 5.41) is 15.1. The molecule has 1 unspecified atom stereocenters. The van der Waals surface area contributed by atoms with Crippen molar-refractivity contribution in [3.63, 3.8) is 0 Å². The molecule has 1 aliphatic heterocycles. The molecule has 2 aromatic heterocycles. The fraction of sp³-hybridized carbons (Fsp3) is 0.562. The van der Waals surface area contributed by atoms with Crippen LogP contribution in [0.25, 0.3) is 0 Å². The molecule has 26 heavy (non-hydrogen) atoms. The van der Waals surface area contributed by atoms with Gasteiger partial charge in [0, 0.05) is 32.1 Å². The zero-order valence-electron chi connectivity index (χ0n) is 14.9. The van der Waals surface area contributed by atoms with E-state index >= 15 is 0 Å². The van der Waals surface area contributed by atoms with E-state index in [4.69, 9.17) is 4.42 Å². The Balaban J connectivity index is 1.83. The monoisotopic (exact) mass is 363 g/mol. The lowest BCUT2D eigenvalue weighted by molar-refractivity contribution is -0.402. The zero-order valence-corrected chi connectivity index (χ0v) is 14.9. The fourth-order valence-electron chi connectivity index (χ4n) is 3.33. The molecule has 0 spiro atoms. The maximum Gasteiger partial charge on any atom is 0.433 e. The maximum absolute atomic E-state index is 12.6. The summed E-state index contributed by atoms with van der Waals surface area (Å²) in [6.45, 7) is 4.75. The highest BCUT2D eigenvalue weighted by molar-refractivity contribution is 5.91. The third kappa shape index (κ3) is 3.14. The number of furan rings is 1. The van der Waals surface area contributed by atoms with Gasteiger partial charge in [-0.05, 0) is 32.8 Å². The Hall–Kier alpha value is -2.91. The summed E-state index contributed by atoms with van der Waals surface area (Å²) in [4.78, 5) is 36.6. The van der Waals surface area contributed by atoms with Crippen LogP contribution in [-0.4, -0.2) is 43.2 Å². The van der Waals surface area contributed by atoms with E-state index in [1.165, 1.54) is 16.8 Å². The topological polar surface area (TPSA) is 116 Å². The molecule has 1 fully saturated rings. The van der Waals surface area contributed by atoms with Gasteiger partial charge in [0.1, 0.15) is 10.7 Å². The normalized spacial score (nSPS) is 17.7. The van der Waals surface area contributed by atoms with E-state index in [2.05, 4.69) is 5.10 Å². The number of hydrogen-bond donors (Lipinski definition) is 0. The van der Waals surface area contributed by atoms with E-state index in [9.17, 15) is 19.7 Å². The Morgan fingerprint density at radius 1 is 1.42 bits per heavy atom. The van der Waals surface area contributed by atoms with Crippen LogP contribution < -0.4 is 5.69 Å². The van der Waals surface area contributed by atoms with Crippen molar-refractivity contribution in [1.29, 1.82) is 0 Å². The van der Waals surface area contributed by atoms with Gasteiger partial charge in [0.25, 0.3) is 5.91 Å². The maximum atomic E-state index is 12.6.